The highest BCUT2D eigenvalue weighted by Crippen LogP contribution is 2.27. The number of carboxylic acid groups (broad SMARTS) is 1. The Balaban J connectivity index is 2.79. The maximum Gasteiger partial charge on any atom is 0.404 e. The van der Waals surface area contributed by atoms with Gasteiger partial charge in [-0.25, -0.2) is 0 Å². The van der Waals surface area contributed by atoms with Crippen molar-refractivity contribution in [3.8, 4) is 0 Å². The topological polar surface area (TPSA) is 40.5 Å². The normalized spacial score (nSPS) is 13.6. The van der Waals surface area contributed by atoms with E-state index in [2.05, 4.69) is 0 Å². The molecule has 1 rings (SSSR count). The van der Waals surface area contributed by atoms with Gasteiger partial charge in [0.05, 0.1) is 6.42 Å². The Morgan fingerprint density at radius 3 is 2.26 bits per heavy atom. The van der Waals surface area contributed by atoms with Gasteiger partial charge < -0.3 is 5.11 Å². The molecule has 19 heavy (non-hydrogen) atoms. The van der Waals surface area contributed by atoms with Gasteiger partial charge in [0.25, 0.3) is 0 Å². The third-order valence-electron chi connectivity index (χ3n) is 2.83. The summed E-state index contributed by atoms with van der Waals surface area (Å²) in [7, 11) is 1.28. The lowest BCUT2D eigenvalue weighted by atomic mass is 10.1. The second kappa shape index (κ2) is 6.06. The molecule has 1 N–H and O–H groups in total. The van der Waals surface area contributed by atoms with Gasteiger partial charge in [-0.2, -0.15) is 13.2 Å². The first-order valence-electron chi connectivity index (χ1n) is 5.74. The molecular formula is C13H16F3NO2. The largest absolute Gasteiger partial charge is 0.481 e. The highest BCUT2D eigenvalue weighted by atomic mass is 19.4. The molecule has 0 aliphatic heterocycles. The number of nitrogens with zero attached hydrogens (tertiary/aromatic N) is 1. The fourth-order valence-corrected chi connectivity index (χ4v) is 1.78. The lowest BCUT2D eigenvalue weighted by Crippen LogP contribution is -2.44. The van der Waals surface area contributed by atoms with Crippen LogP contribution in [0.1, 0.15) is 17.5 Å². The summed E-state index contributed by atoms with van der Waals surface area (Å²) in [6.45, 7) is 1.94. The summed E-state index contributed by atoms with van der Waals surface area (Å²) < 4.78 is 38.4. The van der Waals surface area contributed by atoms with Gasteiger partial charge in [0.15, 0.2) is 0 Å². The zero-order valence-corrected chi connectivity index (χ0v) is 10.7. The van der Waals surface area contributed by atoms with Crippen LogP contribution in [-0.4, -0.2) is 35.2 Å². The Hall–Kier alpha value is -1.56. The molecule has 1 aromatic rings. The zero-order chi connectivity index (χ0) is 14.6. The average Bonchev–Trinajstić information content (AvgIpc) is 2.27. The van der Waals surface area contributed by atoms with Crippen molar-refractivity contribution in [2.24, 2.45) is 0 Å². The zero-order valence-electron chi connectivity index (χ0n) is 10.7. The molecule has 0 radical (unpaired) electrons. The maximum atomic E-state index is 12.8. The van der Waals surface area contributed by atoms with Crippen LogP contribution in [0.5, 0.6) is 0 Å². The summed E-state index contributed by atoms with van der Waals surface area (Å²) >= 11 is 0. The standard InChI is InChI=1S/C13H16F3NO2/c1-9-3-5-10(6-4-9)8-17(2)11(7-12(18)19)13(14,15)16/h3-6,11H,7-8H2,1-2H3,(H,18,19). The van der Waals surface area contributed by atoms with E-state index in [4.69, 9.17) is 5.11 Å². The van der Waals surface area contributed by atoms with Crippen molar-refractivity contribution in [1.29, 1.82) is 0 Å². The quantitative estimate of drug-likeness (QED) is 0.898. The molecule has 0 amide bonds. The molecule has 106 valence electrons. The van der Waals surface area contributed by atoms with Crippen LogP contribution in [0, 0.1) is 6.92 Å². The Kier molecular flexibility index (Phi) is 4.94. The van der Waals surface area contributed by atoms with Crippen LogP contribution in [0.2, 0.25) is 0 Å². The lowest BCUT2D eigenvalue weighted by molar-refractivity contribution is -0.188. The minimum Gasteiger partial charge on any atom is -0.481 e. The second-order valence-corrected chi connectivity index (χ2v) is 4.56. The van der Waals surface area contributed by atoms with E-state index in [0.29, 0.717) is 5.56 Å². The summed E-state index contributed by atoms with van der Waals surface area (Å²) in [5.41, 5.74) is 1.73. The molecule has 0 aliphatic carbocycles. The van der Waals surface area contributed by atoms with Crippen LogP contribution in [-0.2, 0) is 11.3 Å². The van der Waals surface area contributed by atoms with Crippen LogP contribution < -0.4 is 0 Å². The molecule has 0 heterocycles. The number of carbonyl (C=O) groups is 1. The maximum absolute atomic E-state index is 12.8. The van der Waals surface area contributed by atoms with E-state index in [1.165, 1.54) is 7.05 Å². The van der Waals surface area contributed by atoms with Crippen molar-refractivity contribution < 1.29 is 23.1 Å². The fourth-order valence-electron chi connectivity index (χ4n) is 1.78. The third kappa shape index (κ3) is 4.90. The van der Waals surface area contributed by atoms with Crippen molar-refractivity contribution in [2.45, 2.75) is 32.1 Å². The summed E-state index contributed by atoms with van der Waals surface area (Å²) in [6, 6.07) is 5.11. The lowest BCUT2D eigenvalue weighted by Gasteiger charge is -2.28. The molecule has 6 heteroatoms. The van der Waals surface area contributed by atoms with Crippen molar-refractivity contribution in [2.75, 3.05) is 7.05 Å². The first-order chi connectivity index (χ1) is 8.70. The van der Waals surface area contributed by atoms with Gasteiger partial charge in [-0.3, -0.25) is 9.69 Å². The predicted molar refractivity (Wildman–Crippen MR) is 64.7 cm³/mol. The average molecular weight is 275 g/mol. The number of alkyl halides is 3. The molecule has 1 unspecified atom stereocenters. The number of aliphatic carboxylic acids is 1. The highest BCUT2D eigenvalue weighted by molar-refractivity contribution is 5.67. The van der Waals surface area contributed by atoms with E-state index in [-0.39, 0.29) is 6.54 Å². The molecular weight excluding hydrogens is 259 g/mol. The number of carboxylic acids is 1. The van der Waals surface area contributed by atoms with Gasteiger partial charge in [-0.15, -0.1) is 0 Å². The number of benzene rings is 1. The van der Waals surface area contributed by atoms with Crippen molar-refractivity contribution in [1.82, 2.24) is 4.90 Å². The summed E-state index contributed by atoms with van der Waals surface area (Å²) in [5, 5.41) is 8.57. The smallest absolute Gasteiger partial charge is 0.404 e. The first kappa shape index (κ1) is 15.5. The summed E-state index contributed by atoms with van der Waals surface area (Å²) in [5.74, 6) is -1.46. The summed E-state index contributed by atoms with van der Waals surface area (Å²) in [6.07, 6.45) is -5.51. The second-order valence-electron chi connectivity index (χ2n) is 4.56. The van der Waals surface area contributed by atoms with E-state index in [0.717, 1.165) is 10.5 Å². The van der Waals surface area contributed by atoms with Gasteiger partial charge in [0.2, 0.25) is 0 Å². The number of hydrogen-bond donors (Lipinski definition) is 1. The highest BCUT2D eigenvalue weighted by Gasteiger charge is 2.43. The minimum atomic E-state index is -4.56. The molecule has 0 aliphatic rings. The van der Waals surface area contributed by atoms with Gasteiger partial charge in [0, 0.05) is 6.54 Å². The van der Waals surface area contributed by atoms with E-state index < -0.39 is 24.6 Å². The molecule has 0 bridgehead atoms. The molecule has 0 aromatic heterocycles. The van der Waals surface area contributed by atoms with Crippen LogP contribution >= 0.6 is 0 Å². The van der Waals surface area contributed by atoms with Crippen molar-refractivity contribution in [3.63, 3.8) is 0 Å². The van der Waals surface area contributed by atoms with Gasteiger partial charge in [0.1, 0.15) is 6.04 Å². The molecule has 0 saturated carbocycles. The van der Waals surface area contributed by atoms with Crippen LogP contribution in [0.3, 0.4) is 0 Å². The van der Waals surface area contributed by atoms with Gasteiger partial charge >= 0.3 is 12.1 Å². The van der Waals surface area contributed by atoms with Crippen molar-refractivity contribution in [3.05, 3.63) is 35.4 Å². The van der Waals surface area contributed by atoms with Crippen LogP contribution in [0.25, 0.3) is 0 Å². The SMILES string of the molecule is Cc1ccc(CN(C)C(CC(=O)O)C(F)(F)F)cc1. The summed E-state index contributed by atoms with van der Waals surface area (Å²) in [4.78, 5) is 11.5. The number of halogens is 3. The molecule has 0 fully saturated rings. The van der Waals surface area contributed by atoms with E-state index >= 15 is 0 Å². The molecule has 1 aromatic carbocycles. The van der Waals surface area contributed by atoms with Crippen LogP contribution in [0.15, 0.2) is 24.3 Å². The van der Waals surface area contributed by atoms with E-state index in [1.807, 2.05) is 19.1 Å². The Bertz CT molecular complexity index is 429. The van der Waals surface area contributed by atoms with E-state index in [9.17, 15) is 18.0 Å². The Morgan fingerprint density at radius 2 is 1.84 bits per heavy atom. The number of aryl methyl sites for hydroxylation is 1. The molecule has 3 nitrogen and oxygen atoms in total. The fraction of sp³-hybridized carbons (Fsp3) is 0.462. The minimum absolute atomic E-state index is 0.0533. The number of rotatable bonds is 5. The van der Waals surface area contributed by atoms with Crippen molar-refractivity contribution >= 4 is 5.97 Å². The van der Waals surface area contributed by atoms with Crippen LogP contribution in [0.4, 0.5) is 13.2 Å². The molecule has 0 spiro atoms. The van der Waals surface area contributed by atoms with Gasteiger partial charge in [-0.1, -0.05) is 29.8 Å². The third-order valence-corrected chi connectivity index (χ3v) is 2.83. The van der Waals surface area contributed by atoms with Gasteiger partial charge in [-0.05, 0) is 19.5 Å². The monoisotopic (exact) mass is 275 g/mol. The number of hydrogen-bond acceptors (Lipinski definition) is 2. The Labute approximate surface area is 109 Å². The predicted octanol–water partition coefficient (Wildman–Crippen LogP) is 2.83. The Morgan fingerprint density at radius 1 is 1.32 bits per heavy atom. The van der Waals surface area contributed by atoms with E-state index in [1.54, 1.807) is 12.1 Å². The molecule has 1 atom stereocenters. The molecule has 0 saturated heterocycles. The first-order valence-corrected chi connectivity index (χ1v) is 5.74.